The molecule has 0 bridgehead atoms. The van der Waals surface area contributed by atoms with Crippen molar-refractivity contribution in [1.82, 2.24) is 0 Å². The third kappa shape index (κ3) is 2.92. The minimum absolute atomic E-state index is 0.0568. The van der Waals surface area contributed by atoms with Gasteiger partial charge in [-0.2, -0.15) is 5.26 Å². The zero-order valence-electron chi connectivity index (χ0n) is 12.3. The maximum atomic E-state index is 12.4. The van der Waals surface area contributed by atoms with E-state index in [0.29, 0.717) is 27.6 Å². The quantitative estimate of drug-likeness (QED) is 0.795. The summed E-state index contributed by atoms with van der Waals surface area (Å²) in [5.74, 6) is 1.05. The first-order chi connectivity index (χ1) is 11.1. The van der Waals surface area contributed by atoms with Crippen LogP contribution in [0.4, 0.5) is 0 Å². The molecule has 1 aliphatic heterocycles. The number of carbonyl (C=O) groups is 1. The van der Waals surface area contributed by atoms with Crippen LogP contribution in [-0.4, -0.2) is 12.4 Å². The standard InChI is InChI=1S/C18H12ClNO3/c1-11-15(22-8-7-20)6-5-14-17(21)16(23-18(11)14)10-12-3-2-4-13(19)9-12/h2-6,9-10H,8H2,1H3/b16-10-. The van der Waals surface area contributed by atoms with Crippen molar-refractivity contribution in [3.63, 3.8) is 0 Å². The number of fused-ring (bicyclic) bond motifs is 1. The third-order valence-corrected chi connectivity index (χ3v) is 3.71. The van der Waals surface area contributed by atoms with E-state index in [2.05, 4.69) is 0 Å². The molecule has 0 saturated heterocycles. The molecule has 2 aromatic rings. The molecule has 23 heavy (non-hydrogen) atoms. The zero-order chi connectivity index (χ0) is 16.4. The highest BCUT2D eigenvalue weighted by atomic mass is 35.5. The van der Waals surface area contributed by atoms with Crippen LogP contribution in [0, 0.1) is 18.3 Å². The molecule has 0 amide bonds. The summed E-state index contributed by atoms with van der Waals surface area (Å²) in [6, 6.07) is 12.4. The Kier molecular flexibility index (Phi) is 4.05. The maximum absolute atomic E-state index is 12.4. The smallest absolute Gasteiger partial charge is 0.231 e. The van der Waals surface area contributed by atoms with E-state index >= 15 is 0 Å². The Balaban J connectivity index is 1.96. The number of hydrogen-bond donors (Lipinski definition) is 0. The Morgan fingerprint density at radius 2 is 2.17 bits per heavy atom. The first-order valence-electron chi connectivity index (χ1n) is 6.93. The highest BCUT2D eigenvalue weighted by Gasteiger charge is 2.30. The summed E-state index contributed by atoms with van der Waals surface area (Å²) < 4.78 is 11.0. The topological polar surface area (TPSA) is 59.3 Å². The van der Waals surface area contributed by atoms with Gasteiger partial charge in [-0.15, -0.1) is 0 Å². The van der Waals surface area contributed by atoms with Crippen molar-refractivity contribution in [2.24, 2.45) is 0 Å². The second kappa shape index (κ2) is 6.15. The SMILES string of the molecule is Cc1c(OCC#N)ccc2c1O/C(=C\c1cccc(Cl)c1)C2=O. The average Bonchev–Trinajstić information content (AvgIpc) is 2.84. The Morgan fingerprint density at radius 1 is 1.35 bits per heavy atom. The number of hydrogen-bond acceptors (Lipinski definition) is 4. The molecule has 0 atom stereocenters. The monoisotopic (exact) mass is 325 g/mol. The van der Waals surface area contributed by atoms with E-state index in [9.17, 15) is 4.79 Å². The van der Waals surface area contributed by atoms with E-state index in [4.69, 9.17) is 26.3 Å². The minimum Gasteiger partial charge on any atom is -0.478 e. The number of Topliss-reactive ketones (excluding diaryl/α,β-unsaturated/α-hetero) is 1. The maximum Gasteiger partial charge on any atom is 0.231 e. The van der Waals surface area contributed by atoms with Gasteiger partial charge in [-0.05, 0) is 42.8 Å². The number of nitrogens with zero attached hydrogens (tertiary/aromatic N) is 1. The summed E-state index contributed by atoms with van der Waals surface area (Å²) >= 11 is 5.95. The first-order valence-corrected chi connectivity index (χ1v) is 7.31. The molecule has 4 nitrogen and oxygen atoms in total. The van der Waals surface area contributed by atoms with Crippen molar-refractivity contribution >= 4 is 23.5 Å². The average molecular weight is 326 g/mol. The van der Waals surface area contributed by atoms with Gasteiger partial charge in [0, 0.05) is 10.6 Å². The lowest BCUT2D eigenvalue weighted by Crippen LogP contribution is -1.98. The zero-order valence-corrected chi connectivity index (χ0v) is 13.1. The van der Waals surface area contributed by atoms with Crippen LogP contribution >= 0.6 is 11.6 Å². The molecule has 0 aromatic heterocycles. The Labute approximate surface area is 138 Å². The van der Waals surface area contributed by atoms with Crippen LogP contribution in [0.25, 0.3) is 6.08 Å². The van der Waals surface area contributed by atoms with E-state index in [1.54, 1.807) is 43.3 Å². The van der Waals surface area contributed by atoms with E-state index in [-0.39, 0.29) is 18.1 Å². The van der Waals surface area contributed by atoms with Crippen LogP contribution in [0.3, 0.4) is 0 Å². The van der Waals surface area contributed by atoms with Crippen LogP contribution in [0.2, 0.25) is 5.02 Å². The Morgan fingerprint density at radius 3 is 2.91 bits per heavy atom. The highest BCUT2D eigenvalue weighted by Crippen LogP contribution is 2.39. The van der Waals surface area contributed by atoms with Gasteiger partial charge in [-0.25, -0.2) is 0 Å². The molecule has 0 saturated carbocycles. The molecule has 0 aliphatic carbocycles. The van der Waals surface area contributed by atoms with Gasteiger partial charge in [0.2, 0.25) is 5.78 Å². The summed E-state index contributed by atoms with van der Waals surface area (Å²) in [5.41, 5.74) is 1.97. The van der Waals surface area contributed by atoms with Crippen molar-refractivity contribution in [3.05, 3.63) is 63.9 Å². The first kappa shape index (κ1) is 15.1. The molecule has 5 heteroatoms. The van der Waals surface area contributed by atoms with Gasteiger partial charge in [0.1, 0.15) is 17.6 Å². The number of allylic oxidation sites excluding steroid dienone is 1. The van der Waals surface area contributed by atoms with Crippen LogP contribution in [0.5, 0.6) is 11.5 Å². The van der Waals surface area contributed by atoms with Gasteiger partial charge in [0.05, 0.1) is 5.56 Å². The fourth-order valence-corrected chi connectivity index (χ4v) is 2.58. The number of nitriles is 1. The second-order valence-corrected chi connectivity index (χ2v) is 5.44. The number of ether oxygens (including phenoxy) is 2. The second-order valence-electron chi connectivity index (χ2n) is 5.01. The number of halogens is 1. The van der Waals surface area contributed by atoms with Crippen LogP contribution in [0.1, 0.15) is 21.5 Å². The van der Waals surface area contributed by atoms with E-state index in [1.807, 2.05) is 12.1 Å². The van der Waals surface area contributed by atoms with E-state index < -0.39 is 0 Å². The van der Waals surface area contributed by atoms with Gasteiger partial charge in [0.25, 0.3) is 0 Å². The number of rotatable bonds is 3. The Bertz CT molecular complexity index is 865. The summed E-state index contributed by atoms with van der Waals surface area (Å²) in [6.07, 6.45) is 1.66. The molecule has 1 heterocycles. The molecule has 0 unspecified atom stereocenters. The summed E-state index contributed by atoms with van der Waals surface area (Å²) in [5, 5.41) is 9.19. The molecule has 1 aliphatic rings. The lowest BCUT2D eigenvalue weighted by Gasteiger charge is -2.08. The molecular formula is C18H12ClNO3. The van der Waals surface area contributed by atoms with Gasteiger partial charge < -0.3 is 9.47 Å². The lowest BCUT2D eigenvalue weighted by molar-refractivity contribution is 0.101. The molecule has 114 valence electrons. The number of benzene rings is 2. The molecule has 0 fully saturated rings. The van der Waals surface area contributed by atoms with Crippen LogP contribution in [-0.2, 0) is 0 Å². The lowest BCUT2D eigenvalue weighted by atomic mass is 10.1. The van der Waals surface area contributed by atoms with Gasteiger partial charge in [0.15, 0.2) is 12.4 Å². The predicted molar refractivity (Wildman–Crippen MR) is 86.7 cm³/mol. The fourth-order valence-electron chi connectivity index (χ4n) is 2.38. The van der Waals surface area contributed by atoms with Crippen molar-refractivity contribution in [2.45, 2.75) is 6.92 Å². The normalized spacial score (nSPS) is 14.3. The molecular weight excluding hydrogens is 314 g/mol. The number of ketones is 1. The van der Waals surface area contributed by atoms with Crippen LogP contribution < -0.4 is 9.47 Å². The molecule has 0 radical (unpaired) electrons. The van der Waals surface area contributed by atoms with Gasteiger partial charge in [-0.3, -0.25) is 4.79 Å². The largest absolute Gasteiger partial charge is 0.478 e. The summed E-state index contributed by atoms with van der Waals surface area (Å²) in [4.78, 5) is 12.4. The van der Waals surface area contributed by atoms with E-state index in [0.717, 1.165) is 5.56 Å². The highest BCUT2D eigenvalue weighted by molar-refractivity contribution is 6.30. The summed E-state index contributed by atoms with van der Waals surface area (Å²) in [6.45, 7) is 1.74. The van der Waals surface area contributed by atoms with Crippen molar-refractivity contribution in [3.8, 4) is 17.6 Å². The molecule has 0 spiro atoms. The third-order valence-electron chi connectivity index (χ3n) is 3.48. The van der Waals surface area contributed by atoms with Crippen molar-refractivity contribution in [2.75, 3.05) is 6.61 Å². The minimum atomic E-state index is -0.185. The molecule has 3 rings (SSSR count). The van der Waals surface area contributed by atoms with Crippen molar-refractivity contribution in [1.29, 1.82) is 5.26 Å². The molecule has 0 N–H and O–H groups in total. The van der Waals surface area contributed by atoms with Gasteiger partial charge in [-0.1, -0.05) is 23.7 Å². The number of carbonyl (C=O) groups excluding carboxylic acids is 1. The Hall–Kier alpha value is -2.77. The fraction of sp³-hybridized carbons (Fsp3) is 0.111. The summed E-state index contributed by atoms with van der Waals surface area (Å²) in [7, 11) is 0. The van der Waals surface area contributed by atoms with E-state index in [1.165, 1.54) is 0 Å². The van der Waals surface area contributed by atoms with Crippen molar-refractivity contribution < 1.29 is 14.3 Å². The predicted octanol–water partition coefficient (Wildman–Crippen LogP) is 4.17. The molecule has 2 aromatic carbocycles. The van der Waals surface area contributed by atoms with Gasteiger partial charge >= 0.3 is 0 Å². The van der Waals surface area contributed by atoms with Crippen LogP contribution in [0.15, 0.2) is 42.2 Å².